The van der Waals surface area contributed by atoms with Crippen molar-refractivity contribution in [3.8, 4) is 5.75 Å². The number of ether oxygens (including phenoxy) is 1. The SMILES string of the molecule is CNc1cc(C)nc(Nc2cc3c(c(C4=CCN(C)C[C@H](O)C4)c2F)OC[C@H]3C)n1. The minimum absolute atomic E-state index is 0.144. The third kappa shape index (κ3) is 3.97. The van der Waals surface area contributed by atoms with Crippen LogP contribution in [-0.4, -0.2) is 59.9 Å². The van der Waals surface area contributed by atoms with Gasteiger partial charge in [-0.15, -0.1) is 0 Å². The van der Waals surface area contributed by atoms with Gasteiger partial charge in [-0.05, 0) is 25.6 Å². The second-order valence-electron chi connectivity index (χ2n) is 8.15. The van der Waals surface area contributed by atoms with Crippen molar-refractivity contribution < 1.29 is 14.2 Å². The summed E-state index contributed by atoms with van der Waals surface area (Å²) in [5.41, 5.74) is 3.22. The lowest BCUT2D eigenvalue weighted by Crippen LogP contribution is -2.27. The summed E-state index contributed by atoms with van der Waals surface area (Å²) in [6, 6.07) is 3.61. The number of anilines is 3. The molecule has 0 aliphatic carbocycles. The van der Waals surface area contributed by atoms with Gasteiger partial charge in [-0.25, -0.2) is 9.37 Å². The van der Waals surface area contributed by atoms with Crippen LogP contribution in [-0.2, 0) is 0 Å². The third-order valence-electron chi connectivity index (χ3n) is 5.56. The predicted octanol–water partition coefficient (Wildman–Crippen LogP) is 3.29. The van der Waals surface area contributed by atoms with Crippen molar-refractivity contribution in [2.75, 3.05) is 44.4 Å². The Morgan fingerprint density at radius 2 is 2.10 bits per heavy atom. The molecule has 0 amide bonds. The van der Waals surface area contributed by atoms with E-state index in [1.54, 1.807) is 13.1 Å². The van der Waals surface area contributed by atoms with Crippen LogP contribution < -0.4 is 15.4 Å². The molecule has 1 aromatic carbocycles. The molecule has 0 saturated carbocycles. The van der Waals surface area contributed by atoms with Gasteiger partial charge in [0.2, 0.25) is 5.95 Å². The molecule has 2 atom stereocenters. The van der Waals surface area contributed by atoms with E-state index in [0.717, 1.165) is 16.8 Å². The first-order valence-corrected chi connectivity index (χ1v) is 10.2. The molecule has 3 N–H and O–H groups in total. The number of hydrogen-bond acceptors (Lipinski definition) is 7. The van der Waals surface area contributed by atoms with Crippen LogP contribution in [0, 0.1) is 12.7 Å². The second-order valence-corrected chi connectivity index (χ2v) is 8.15. The number of nitrogens with one attached hydrogen (secondary N) is 2. The number of fused-ring (bicyclic) bond motifs is 1. The van der Waals surface area contributed by atoms with Crippen molar-refractivity contribution in [2.45, 2.75) is 32.3 Å². The van der Waals surface area contributed by atoms with Crippen molar-refractivity contribution >= 4 is 23.0 Å². The molecule has 160 valence electrons. The van der Waals surface area contributed by atoms with Gasteiger partial charge < -0.3 is 25.4 Å². The molecule has 3 heterocycles. The topological polar surface area (TPSA) is 82.5 Å². The molecule has 30 heavy (non-hydrogen) atoms. The average Bonchev–Trinajstić information content (AvgIpc) is 2.96. The van der Waals surface area contributed by atoms with Crippen LogP contribution in [0.2, 0.25) is 0 Å². The van der Waals surface area contributed by atoms with Crippen LogP contribution in [0.15, 0.2) is 18.2 Å². The van der Waals surface area contributed by atoms with Crippen molar-refractivity contribution in [2.24, 2.45) is 0 Å². The lowest BCUT2D eigenvalue weighted by Gasteiger charge is -2.18. The van der Waals surface area contributed by atoms with Gasteiger partial charge in [0.05, 0.1) is 24.0 Å². The zero-order chi connectivity index (χ0) is 21.4. The lowest BCUT2D eigenvalue weighted by atomic mass is 9.92. The van der Waals surface area contributed by atoms with Gasteiger partial charge in [-0.3, -0.25) is 0 Å². The summed E-state index contributed by atoms with van der Waals surface area (Å²) in [7, 11) is 3.72. The molecule has 0 saturated heterocycles. The smallest absolute Gasteiger partial charge is 0.229 e. The quantitative estimate of drug-likeness (QED) is 0.710. The molecule has 2 aliphatic heterocycles. The highest BCUT2D eigenvalue weighted by Gasteiger charge is 2.31. The van der Waals surface area contributed by atoms with Crippen molar-refractivity contribution in [1.82, 2.24) is 14.9 Å². The minimum atomic E-state index is -0.562. The molecule has 2 aromatic rings. The fourth-order valence-corrected chi connectivity index (χ4v) is 4.04. The number of likely N-dealkylation sites (N-methyl/N-ethyl adjacent to an activating group) is 1. The van der Waals surface area contributed by atoms with Gasteiger partial charge in [0.25, 0.3) is 0 Å². The van der Waals surface area contributed by atoms with Gasteiger partial charge in [-0.2, -0.15) is 4.98 Å². The molecule has 8 heteroatoms. The first-order chi connectivity index (χ1) is 14.4. The summed E-state index contributed by atoms with van der Waals surface area (Å²) in [5, 5.41) is 16.4. The molecule has 0 unspecified atom stereocenters. The number of rotatable bonds is 4. The second kappa shape index (κ2) is 8.20. The maximum atomic E-state index is 15.8. The van der Waals surface area contributed by atoms with E-state index in [1.807, 2.05) is 31.0 Å². The third-order valence-corrected chi connectivity index (χ3v) is 5.56. The zero-order valence-electron chi connectivity index (χ0n) is 17.8. The van der Waals surface area contributed by atoms with E-state index in [9.17, 15) is 5.11 Å². The summed E-state index contributed by atoms with van der Waals surface area (Å²) >= 11 is 0. The van der Waals surface area contributed by atoms with Crippen LogP contribution >= 0.6 is 0 Å². The summed E-state index contributed by atoms with van der Waals surface area (Å²) in [6.07, 6.45) is 1.79. The molecular formula is C22H28FN5O2. The molecule has 0 bridgehead atoms. The van der Waals surface area contributed by atoms with Crippen LogP contribution in [0.25, 0.3) is 5.57 Å². The molecular weight excluding hydrogens is 385 g/mol. The van der Waals surface area contributed by atoms with Gasteiger partial charge in [0.1, 0.15) is 11.6 Å². The minimum Gasteiger partial charge on any atom is -0.492 e. The molecule has 0 fully saturated rings. The Morgan fingerprint density at radius 3 is 2.87 bits per heavy atom. The molecule has 1 aromatic heterocycles. The van der Waals surface area contributed by atoms with Gasteiger partial charge >= 0.3 is 0 Å². The number of hydrogen-bond donors (Lipinski definition) is 3. The van der Waals surface area contributed by atoms with Crippen LogP contribution in [0.3, 0.4) is 0 Å². The van der Waals surface area contributed by atoms with E-state index >= 15 is 4.39 Å². The Balaban J connectivity index is 1.81. The standard InChI is InChI=1S/C22H28FN5O2/c1-12-11-30-21-16(12)9-17(26-22-25-13(2)7-18(24-3)27-22)20(23)19(21)14-5-6-28(4)10-15(29)8-14/h5,7,9,12,15,29H,6,8,10-11H2,1-4H3,(H2,24,25,26,27)/t12-,15-/m1/s1. The first-order valence-electron chi connectivity index (χ1n) is 10.2. The fraction of sp³-hybridized carbons (Fsp3) is 0.455. The number of halogens is 1. The Bertz CT molecular complexity index is 994. The van der Waals surface area contributed by atoms with Crippen LogP contribution in [0.5, 0.6) is 5.75 Å². The maximum absolute atomic E-state index is 15.8. The van der Waals surface area contributed by atoms with Crippen LogP contribution in [0.1, 0.15) is 36.1 Å². The highest BCUT2D eigenvalue weighted by Crippen LogP contribution is 2.45. The number of aliphatic hydroxyl groups is 1. The summed E-state index contributed by atoms with van der Waals surface area (Å²) in [5.74, 6) is 1.29. The number of aromatic nitrogens is 2. The largest absolute Gasteiger partial charge is 0.492 e. The highest BCUT2D eigenvalue weighted by molar-refractivity contribution is 5.78. The van der Waals surface area contributed by atoms with Crippen molar-refractivity contribution in [3.05, 3.63) is 40.8 Å². The van der Waals surface area contributed by atoms with E-state index in [-0.39, 0.29) is 5.92 Å². The Hall–Kier alpha value is -2.71. The Labute approximate surface area is 176 Å². The fourth-order valence-electron chi connectivity index (χ4n) is 4.04. The first kappa shape index (κ1) is 20.6. The molecule has 7 nitrogen and oxygen atoms in total. The van der Waals surface area contributed by atoms with E-state index in [0.29, 0.717) is 54.9 Å². The Morgan fingerprint density at radius 1 is 1.30 bits per heavy atom. The molecule has 2 aliphatic rings. The summed E-state index contributed by atoms with van der Waals surface area (Å²) in [4.78, 5) is 10.8. The van der Waals surface area contributed by atoms with Crippen molar-refractivity contribution in [3.63, 3.8) is 0 Å². The van der Waals surface area contributed by atoms with Gasteiger partial charge in [0.15, 0.2) is 5.82 Å². The number of aryl methyl sites for hydroxylation is 1. The number of nitrogens with zero attached hydrogens (tertiary/aromatic N) is 3. The monoisotopic (exact) mass is 413 g/mol. The lowest BCUT2D eigenvalue weighted by molar-refractivity contribution is 0.139. The number of aliphatic hydroxyl groups excluding tert-OH is 1. The normalized spacial score (nSPS) is 21.5. The van der Waals surface area contributed by atoms with E-state index < -0.39 is 11.9 Å². The maximum Gasteiger partial charge on any atom is 0.229 e. The van der Waals surface area contributed by atoms with E-state index in [1.165, 1.54) is 0 Å². The molecule has 0 spiro atoms. The molecule has 4 rings (SSSR count). The average molecular weight is 413 g/mol. The number of benzene rings is 1. The van der Waals surface area contributed by atoms with Gasteiger partial charge in [0, 0.05) is 49.8 Å². The molecule has 0 radical (unpaired) electrons. The highest BCUT2D eigenvalue weighted by atomic mass is 19.1. The Kier molecular flexibility index (Phi) is 5.62. The van der Waals surface area contributed by atoms with Crippen LogP contribution in [0.4, 0.5) is 21.8 Å². The van der Waals surface area contributed by atoms with E-state index in [4.69, 9.17) is 4.74 Å². The zero-order valence-corrected chi connectivity index (χ0v) is 17.8. The van der Waals surface area contributed by atoms with Crippen molar-refractivity contribution in [1.29, 1.82) is 0 Å². The van der Waals surface area contributed by atoms with Gasteiger partial charge in [-0.1, -0.05) is 13.0 Å². The predicted molar refractivity (Wildman–Crippen MR) is 116 cm³/mol. The summed E-state index contributed by atoms with van der Waals surface area (Å²) in [6.45, 7) is 5.61. The number of β-amino-alcohol motifs (C(OH)–C–C–N with tert-alkyl or cyclic N) is 1. The summed E-state index contributed by atoms with van der Waals surface area (Å²) < 4.78 is 21.7. The van der Waals surface area contributed by atoms with E-state index in [2.05, 4.69) is 27.5 Å².